The Bertz CT molecular complexity index is 480. The number of halogens is 1. The maximum atomic E-state index is 11.4. The first-order valence-corrected chi connectivity index (χ1v) is 10.6. The lowest BCUT2D eigenvalue weighted by Crippen LogP contribution is -2.42. The Hall–Kier alpha value is -0.130. The molecule has 1 aliphatic carbocycles. The van der Waals surface area contributed by atoms with Gasteiger partial charge in [-0.25, -0.2) is 13.1 Å². The molecule has 3 N–H and O–H groups in total. The highest BCUT2D eigenvalue weighted by atomic mass is 127. The molecule has 0 amide bonds. The van der Waals surface area contributed by atoms with Gasteiger partial charge in [-0.05, 0) is 38.5 Å². The predicted octanol–water partition coefficient (Wildman–Crippen LogP) is 1.70. The van der Waals surface area contributed by atoms with Crippen LogP contribution in [0.1, 0.15) is 46.0 Å². The predicted molar refractivity (Wildman–Crippen MR) is 114 cm³/mol. The van der Waals surface area contributed by atoms with E-state index in [1.54, 1.807) is 14.0 Å². The average molecular weight is 490 g/mol. The molecule has 0 bridgehead atoms. The fourth-order valence-corrected chi connectivity index (χ4v) is 3.63. The highest BCUT2D eigenvalue weighted by molar-refractivity contribution is 14.0. The SMILES string of the molecule is CCNC(=NCC1(CCOC)CCCC1)NCCNS(=O)(=O)CC.I. The Morgan fingerprint density at radius 3 is 2.40 bits per heavy atom. The van der Waals surface area contributed by atoms with Crippen LogP contribution in [0.5, 0.6) is 0 Å². The van der Waals surface area contributed by atoms with E-state index in [0.29, 0.717) is 13.1 Å². The van der Waals surface area contributed by atoms with Crippen molar-refractivity contribution in [2.45, 2.75) is 46.0 Å². The molecule has 0 atom stereocenters. The van der Waals surface area contributed by atoms with Crippen molar-refractivity contribution < 1.29 is 13.2 Å². The van der Waals surface area contributed by atoms with Gasteiger partial charge in [0.05, 0.1) is 5.75 Å². The fraction of sp³-hybridized carbons (Fsp3) is 0.938. The zero-order valence-electron chi connectivity index (χ0n) is 15.8. The molecule has 0 unspecified atom stereocenters. The lowest BCUT2D eigenvalue weighted by atomic mass is 9.83. The van der Waals surface area contributed by atoms with Crippen LogP contribution in [-0.2, 0) is 14.8 Å². The van der Waals surface area contributed by atoms with Gasteiger partial charge in [0, 0.05) is 39.9 Å². The topological polar surface area (TPSA) is 91.8 Å². The molecule has 25 heavy (non-hydrogen) atoms. The number of nitrogens with zero attached hydrogens (tertiary/aromatic N) is 1. The van der Waals surface area contributed by atoms with E-state index in [1.165, 1.54) is 25.7 Å². The number of ether oxygens (including phenoxy) is 1. The maximum Gasteiger partial charge on any atom is 0.211 e. The number of guanidine groups is 1. The van der Waals surface area contributed by atoms with Gasteiger partial charge >= 0.3 is 0 Å². The van der Waals surface area contributed by atoms with Gasteiger partial charge in [-0.2, -0.15) is 0 Å². The molecule has 1 aliphatic rings. The minimum atomic E-state index is -3.14. The van der Waals surface area contributed by atoms with Crippen LogP contribution in [0.25, 0.3) is 0 Å². The monoisotopic (exact) mass is 490 g/mol. The van der Waals surface area contributed by atoms with Gasteiger partial charge in [0.2, 0.25) is 10.0 Å². The second-order valence-corrected chi connectivity index (χ2v) is 8.47. The molecule has 0 heterocycles. The number of hydrogen-bond acceptors (Lipinski definition) is 4. The van der Waals surface area contributed by atoms with E-state index in [0.717, 1.165) is 32.1 Å². The second-order valence-electron chi connectivity index (χ2n) is 6.37. The van der Waals surface area contributed by atoms with Crippen LogP contribution in [0.4, 0.5) is 0 Å². The summed E-state index contributed by atoms with van der Waals surface area (Å²) in [6.45, 7) is 6.85. The highest BCUT2D eigenvalue weighted by Crippen LogP contribution is 2.41. The van der Waals surface area contributed by atoms with Crippen molar-refractivity contribution in [3.05, 3.63) is 0 Å². The van der Waals surface area contributed by atoms with Crippen LogP contribution in [0.15, 0.2) is 4.99 Å². The molecular weight excluding hydrogens is 455 g/mol. The van der Waals surface area contributed by atoms with Gasteiger partial charge in [-0.1, -0.05) is 12.8 Å². The minimum absolute atomic E-state index is 0. The molecule has 0 aromatic heterocycles. The van der Waals surface area contributed by atoms with E-state index in [4.69, 9.17) is 9.73 Å². The summed E-state index contributed by atoms with van der Waals surface area (Å²) in [5.41, 5.74) is 0.252. The van der Waals surface area contributed by atoms with Crippen LogP contribution < -0.4 is 15.4 Å². The summed E-state index contributed by atoms with van der Waals surface area (Å²) in [4.78, 5) is 4.74. The highest BCUT2D eigenvalue weighted by Gasteiger charge is 2.33. The molecule has 1 fully saturated rings. The van der Waals surface area contributed by atoms with Gasteiger partial charge in [0.15, 0.2) is 5.96 Å². The quantitative estimate of drug-likeness (QED) is 0.178. The molecule has 0 aromatic carbocycles. The molecule has 7 nitrogen and oxygen atoms in total. The molecule has 0 aromatic rings. The number of sulfonamides is 1. The first-order valence-electron chi connectivity index (χ1n) is 8.95. The van der Waals surface area contributed by atoms with Gasteiger partial charge in [-0.3, -0.25) is 4.99 Å². The standard InChI is InChI=1S/C16H34N4O3S.HI/c1-4-17-15(18-11-12-20-24(21,22)5-2)19-14-16(10-13-23-3)8-6-7-9-16;/h20H,4-14H2,1-3H3,(H2,17,18,19);1H. The van der Waals surface area contributed by atoms with Gasteiger partial charge < -0.3 is 15.4 Å². The van der Waals surface area contributed by atoms with Crippen LogP contribution in [0, 0.1) is 5.41 Å². The smallest absolute Gasteiger partial charge is 0.211 e. The summed E-state index contributed by atoms with van der Waals surface area (Å²) in [5.74, 6) is 0.847. The largest absolute Gasteiger partial charge is 0.385 e. The number of rotatable bonds is 11. The molecular formula is C16H35IN4O3S. The fourth-order valence-electron chi connectivity index (χ4n) is 3.01. The summed E-state index contributed by atoms with van der Waals surface area (Å²) in [7, 11) is -1.39. The van der Waals surface area contributed by atoms with Gasteiger partial charge in [0.1, 0.15) is 0 Å². The number of aliphatic imine (C=N–C) groups is 1. The number of nitrogens with one attached hydrogen (secondary N) is 3. The zero-order valence-corrected chi connectivity index (χ0v) is 18.9. The molecule has 9 heteroatoms. The third kappa shape index (κ3) is 9.95. The summed E-state index contributed by atoms with van der Waals surface area (Å²) in [6, 6.07) is 0. The van der Waals surface area contributed by atoms with Crippen molar-refractivity contribution in [3.8, 4) is 0 Å². The lowest BCUT2D eigenvalue weighted by Gasteiger charge is -2.27. The first-order chi connectivity index (χ1) is 11.5. The van der Waals surface area contributed by atoms with Crippen LogP contribution in [0.3, 0.4) is 0 Å². The normalized spacial score (nSPS) is 17.2. The molecule has 1 rings (SSSR count). The van der Waals surface area contributed by atoms with Crippen LogP contribution in [0.2, 0.25) is 0 Å². The summed E-state index contributed by atoms with van der Waals surface area (Å²) in [6.07, 6.45) is 5.98. The van der Waals surface area contributed by atoms with E-state index in [-0.39, 0.29) is 35.1 Å². The summed E-state index contributed by atoms with van der Waals surface area (Å²) in [5, 5.41) is 6.42. The number of methoxy groups -OCH3 is 1. The van der Waals surface area contributed by atoms with E-state index in [2.05, 4.69) is 15.4 Å². The molecule has 1 saturated carbocycles. The van der Waals surface area contributed by atoms with Crippen LogP contribution in [-0.4, -0.2) is 60.0 Å². The first kappa shape index (κ1) is 24.9. The van der Waals surface area contributed by atoms with E-state index in [1.807, 2.05) is 6.92 Å². The Morgan fingerprint density at radius 1 is 1.16 bits per heavy atom. The summed E-state index contributed by atoms with van der Waals surface area (Å²) >= 11 is 0. The lowest BCUT2D eigenvalue weighted by molar-refractivity contribution is 0.141. The van der Waals surface area contributed by atoms with Crippen molar-refractivity contribution in [1.82, 2.24) is 15.4 Å². The Balaban J connectivity index is 0.00000576. The van der Waals surface area contributed by atoms with Crippen molar-refractivity contribution >= 4 is 40.0 Å². The van der Waals surface area contributed by atoms with Crippen molar-refractivity contribution in [1.29, 1.82) is 0 Å². The van der Waals surface area contributed by atoms with Gasteiger partial charge in [0.25, 0.3) is 0 Å². The molecule has 0 spiro atoms. The molecule has 0 saturated heterocycles. The van der Waals surface area contributed by atoms with E-state index in [9.17, 15) is 8.42 Å². The molecule has 0 radical (unpaired) electrons. The van der Waals surface area contributed by atoms with E-state index < -0.39 is 10.0 Å². The zero-order chi connectivity index (χ0) is 17.9. The van der Waals surface area contributed by atoms with Crippen molar-refractivity contribution in [3.63, 3.8) is 0 Å². The van der Waals surface area contributed by atoms with Crippen molar-refractivity contribution in [2.75, 3.05) is 45.6 Å². The Morgan fingerprint density at radius 2 is 1.84 bits per heavy atom. The second kappa shape index (κ2) is 13.1. The molecule has 0 aliphatic heterocycles. The Labute approximate surface area is 170 Å². The summed E-state index contributed by atoms with van der Waals surface area (Å²) < 4.78 is 30.6. The third-order valence-corrected chi connectivity index (χ3v) is 5.94. The van der Waals surface area contributed by atoms with E-state index >= 15 is 0 Å². The maximum absolute atomic E-state index is 11.4. The third-order valence-electron chi connectivity index (χ3n) is 4.54. The van der Waals surface area contributed by atoms with Crippen molar-refractivity contribution in [2.24, 2.45) is 10.4 Å². The van der Waals surface area contributed by atoms with Gasteiger partial charge in [-0.15, -0.1) is 24.0 Å². The van der Waals surface area contributed by atoms with Crippen LogP contribution >= 0.6 is 24.0 Å². The minimum Gasteiger partial charge on any atom is -0.385 e. The molecule has 150 valence electrons. The number of hydrogen-bond donors (Lipinski definition) is 3. The average Bonchev–Trinajstić information content (AvgIpc) is 3.04. The Kier molecular flexibility index (Phi) is 13.0.